The molecule has 1 aliphatic rings. The van der Waals surface area contributed by atoms with E-state index in [0.717, 1.165) is 43.0 Å². The quantitative estimate of drug-likeness (QED) is 0.804. The van der Waals surface area contributed by atoms with Gasteiger partial charge in [0.25, 0.3) is 0 Å². The molecule has 0 aliphatic carbocycles. The number of nitrogens with zero attached hydrogens (tertiary/aromatic N) is 3. The molecule has 3 heterocycles. The molecule has 17 heavy (non-hydrogen) atoms. The molecule has 0 spiro atoms. The molecule has 5 nitrogen and oxygen atoms in total. The van der Waals surface area contributed by atoms with Crippen molar-refractivity contribution in [3.05, 3.63) is 18.3 Å². The zero-order valence-electron chi connectivity index (χ0n) is 9.47. The largest absolute Gasteiger partial charge is 0.341 e. The smallest absolute Gasteiger partial charge is 0.205 e. The van der Waals surface area contributed by atoms with Crippen LogP contribution < -0.4 is 10.6 Å². The molecule has 1 fully saturated rings. The normalized spacial score (nSPS) is 20.3. The summed E-state index contributed by atoms with van der Waals surface area (Å²) in [4.78, 5) is 14.2. The third kappa shape index (κ3) is 2.35. The second kappa shape index (κ2) is 4.89. The van der Waals surface area contributed by atoms with Crippen LogP contribution in [-0.4, -0.2) is 34.1 Å². The second-order valence-electron chi connectivity index (χ2n) is 4.28. The van der Waals surface area contributed by atoms with Gasteiger partial charge in [-0.25, -0.2) is 4.98 Å². The minimum Gasteiger partial charge on any atom is -0.341 e. The molecule has 0 saturated carbocycles. The van der Waals surface area contributed by atoms with E-state index in [1.807, 2.05) is 12.1 Å². The monoisotopic (exact) mass is 253 g/mol. The summed E-state index contributed by atoms with van der Waals surface area (Å²) in [6.07, 6.45) is 4.00. The molecule has 0 amide bonds. The van der Waals surface area contributed by atoms with Gasteiger partial charge in [-0.15, -0.1) is 12.4 Å². The topological polar surface area (TPSA) is 70.8 Å². The number of aromatic amines is 1. The van der Waals surface area contributed by atoms with E-state index in [1.165, 1.54) is 0 Å². The van der Waals surface area contributed by atoms with E-state index < -0.39 is 0 Å². The van der Waals surface area contributed by atoms with E-state index in [1.54, 1.807) is 6.20 Å². The van der Waals surface area contributed by atoms with Gasteiger partial charge in [-0.1, -0.05) is 0 Å². The minimum atomic E-state index is 0. The average molecular weight is 254 g/mol. The number of fused-ring (bicyclic) bond motifs is 1. The molecule has 0 radical (unpaired) electrons. The Morgan fingerprint density at radius 3 is 3.12 bits per heavy atom. The lowest BCUT2D eigenvalue weighted by Crippen LogP contribution is -2.43. The lowest BCUT2D eigenvalue weighted by atomic mass is 10.1. The summed E-state index contributed by atoms with van der Waals surface area (Å²) in [5.41, 5.74) is 7.72. The molecule has 6 heteroatoms. The highest BCUT2D eigenvalue weighted by Gasteiger charge is 2.19. The second-order valence-corrected chi connectivity index (χ2v) is 4.28. The number of pyridine rings is 1. The number of hydrogen-bond donors (Lipinski definition) is 2. The summed E-state index contributed by atoms with van der Waals surface area (Å²) in [5, 5.41) is 0. The van der Waals surface area contributed by atoms with Crippen molar-refractivity contribution in [3.63, 3.8) is 0 Å². The average Bonchev–Trinajstić information content (AvgIpc) is 2.72. The van der Waals surface area contributed by atoms with Gasteiger partial charge in [0.05, 0.1) is 5.52 Å². The Morgan fingerprint density at radius 1 is 1.47 bits per heavy atom. The molecular formula is C11H16ClN5. The van der Waals surface area contributed by atoms with Crippen molar-refractivity contribution in [2.75, 3.05) is 18.0 Å². The fourth-order valence-electron chi connectivity index (χ4n) is 2.18. The van der Waals surface area contributed by atoms with Crippen LogP contribution in [0.5, 0.6) is 0 Å². The van der Waals surface area contributed by atoms with Gasteiger partial charge in [0.1, 0.15) is 0 Å². The molecule has 1 unspecified atom stereocenters. The van der Waals surface area contributed by atoms with Crippen LogP contribution in [0, 0.1) is 0 Å². The van der Waals surface area contributed by atoms with Gasteiger partial charge >= 0.3 is 0 Å². The number of halogens is 1. The van der Waals surface area contributed by atoms with Crippen molar-refractivity contribution >= 4 is 29.5 Å². The van der Waals surface area contributed by atoms with Crippen LogP contribution in [0.2, 0.25) is 0 Å². The summed E-state index contributed by atoms with van der Waals surface area (Å²) in [5.74, 6) is 0.892. The molecule has 92 valence electrons. The van der Waals surface area contributed by atoms with Crippen molar-refractivity contribution in [1.82, 2.24) is 15.0 Å². The number of nitrogens with two attached hydrogens (primary N) is 1. The van der Waals surface area contributed by atoms with Crippen molar-refractivity contribution in [2.24, 2.45) is 5.73 Å². The van der Waals surface area contributed by atoms with Gasteiger partial charge in [0.2, 0.25) is 5.95 Å². The van der Waals surface area contributed by atoms with Crippen LogP contribution in [-0.2, 0) is 0 Å². The van der Waals surface area contributed by atoms with Crippen molar-refractivity contribution in [3.8, 4) is 0 Å². The Labute approximate surface area is 106 Å². The van der Waals surface area contributed by atoms with E-state index in [4.69, 9.17) is 5.73 Å². The van der Waals surface area contributed by atoms with E-state index in [9.17, 15) is 0 Å². The number of H-pyrrole nitrogens is 1. The summed E-state index contributed by atoms with van der Waals surface area (Å²) >= 11 is 0. The first-order chi connectivity index (χ1) is 7.83. The fourth-order valence-corrected chi connectivity index (χ4v) is 2.18. The first kappa shape index (κ1) is 12.1. The highest BCUT2D eigenvalue weighted by Crippen LogP contribution is 2.18. The third-order valence-corrected chi connectivity index (χ3v) is 3.00. The van der Waals surface area contributed by atoms with Crippen LogP contribution in [0.1, 0.15) is 12.8 Å². The molecule has 0 aromatic carbocycles. The van der Waals surface area contributed by atoms with Gasteiger partial charge in [0, 0.05) is 25.3 Å². The molecule has 2 aromatic heterocycles. The predicted octanol–water partition coefficient (Wildman–Crippen LogP) is 1.31. The van der Waals surface area contributed by atoms with Gasteiger partial charge < -0.3 is 15.6 Å². The van der Waals surface area contributed by atoms with Gasteiger partial charge in [-0.2, -0.15) is 4.98 Å². The summed E-state index contributed by atoms with van der Waals surface area (Å²) in [6.45, 7) is 1.90. The zero-order chi connectivity index (χ0) is 11.0. The van der Waals surface area contributed by atoms with Crippen LogP contribution in [0.15, 0.2) is 18.3 Å². The molecule has 2 aromatic rings. The lowest BCUT2D eigenvalue weighted by Gasteiger charge is -2.30. The van der Waals surface area contributed by atoms with Crippen LogP contribution >= 0.6 is 12.4 Å². The van der Waals surface area contributed by atoms with Crippen molar-refractivity contribution < 1.29 is 0 Å². The maximum absolute atomic E-state index is 5.96. The van der Waals surface area contributed by atoms with Crippen molar-refractivity contribution in [1.29, 1.82) is 0 Å². The Kier molecular flexibility index (Phi) is 3.49. The Morgan fingerprint density at radius 2 is 2.35 bits per heavy atom. The summed E-state index contributed by atoms with van der Waals surface area (Å²) < 4.78 is 0. The maximum Gasteiger partial charge on any atom is 0.205 e. The molecule has 3 N–H and O–H groups in total. The van der Waals surface area contributed by atoms with Crippen LogP contribution in [0.3, 0.4) is 0 Å². The van der Waals surface area contributed by atoms with E-state index in [0.29, 0.717) is 0 Å². The van der Waals surface area contributed by atoms with Gasteiger partial charge in [-0.3, -0.25) is 0 Å². The van der Waals surface area contributed by atoms with Crippen LogP contribution in [0.25, 0.3) is 11.2 Å². The van der Waals surface area contributed by atoms with Crippen LogP contribution in [0.4, 0.5) is 5.95 Å². The number of nitrogens with one attached hydrogen (secondary N) is 1. The number of rotatable bonds is 1. The highest BCUT2D eigenvalue weighted by atomic mass is 35.5. The maximum atomic E-state index is 5.96. The standard InChI is InChI=1S/C11H15N5.ClH/c12-8-3-2-6-16(7-8)11-14-9-4-1-5-13-10(9)15-11;/h1,4-5,8H,2-3,6-7,12H2,(H,13,14,15);1H. The Balaban J connectivity index is 0.00000108. The van der Waals surface area contributed by atoms with Gasteiger partial charge in [0.15, 0.2) is 5.65 Å². The van der Waals surface area contributed by atoms with E-state index >= 15 is 0 Å². The highest BCUT2D eigenvalue weighted by molar-refractivity contribution is 5.85. The summed E-state index contributed by atoms with van der Waals surface area (Å²) in [7, 11) is 0. The fraction of sp³-hybridized carbons (Fsp3) is 0.455. The SMILES string of the molecule is Cl.NC1CCCN(c2nc3ncccc3[nH]2)C1. The van der Waals surface area contributed by atoms with E-state index in [-0.39, 0.29) is 18.4 Å². The third-order valence-electron chi connectivity index (χ3n) is 3.00. The van der Waals surface area contributed by atoms with Gasteiger partial charge in [-0.05, 0) is 25.0 Å². The number of aromatic nitrogens is 3. The number of piperidine rings is 1. The minimum absolute atomic E-state index is 0. The Hall–Kier alpha value is -1.33. The lowest BCUT2D eigenvalue weighted by molar-refractivity contribution is 0.501. The van der Waals surface area contributed by atoms with E-state index in [2.05, 4.69) is 19.9 Å². The molecule has 1 aliphatic heterocycles. The molecule has 1 atom stereocenters. The number of imidazole rings is 1. The first-order valence-electron chi connectivity index (χ1n) is 5.64. The predicted molar refractivity (Wildman–Crippen MR) is 70.6 cm³/mol. The molecule has 0 bridgehead atoms. The number of hydrogen-bond acceptors (Lipinski definition) is 4. The zero-order valence-corrected chi connectivity index (χ0v) is 10.3. The molecular weight excluding hydrogens is 238 g/mol. The molecule has 3 rings (SSSR count). The first-order valence-corrected chi connectivity index (χ1v) is 5.64. The molecule has 1 saturated heterocycles. The van der Waals surface area contributed by atoms with Crippen molar-refractivity contribution in [2.45, 2.75) is 18.9 Å². The number of anilines is 1. The summed E-state index contributed by atoms with van der Waals surface area (Å²) in [6, 6.07) is 4.16. The Bertz CT molecular complexity index is 464.